The maximum atomic E-state index is 12.5. The van der Waals surface area contributed by atoms with Crippen LogP contribution in [0.15, 0.2) is 34.8 Å². The predicted octanol–water partition coefficient (Wildman–Crippen LogP) is 3.70. The highest BCUT2D eigenvalue weighted by Crippen LogP contribution is 2.44. The molecule has 0 atom stereocenters. The van der Waals surface area contributed by atoms with E-state index in [1.807, 2.05) is 0 Å². The lowest BCUT2D eigenvalue weighted by Gasteiger charge is -2.16. The van der Waals surface area contributed by atoms with Crippen molar-refractivity contribution < 1.29 is 28.5 Å². The van der Waals surface area contributed by atoms with Gasteiger partial charge in [-0.1, -0.05) is 0 Å². The molecule has 2 aromatic carbocycles. The molecule has 0 spiro atoms. The summed E-state index contributed by atoms with van der Waals surface area (Å²) in [6.07, 6.45) is 0. The molecule has 2 rings (SSSR count). The van der Waals surface area contributed by atoms with Crippen molar-refractivity contribution >= 4 is 21.9 Å². The van der Waals surface area contributed by atoms with Gasteiger partial charge in [0.1, 0.15) is 11.5 Å². The molecule has 0 unspecified atom stereocenters. The molecule has 0 radical (unpaired) electrons. The van der Waals surface area contributed by atoms with Crippen LogP contribution in [0.25, 0.3) is 0 Å². The van der Waals surface area contributed by atoms with E-state index in [-0.39, 0.29) is 5.56 Å². The van der Waals surface area contributed by atoms with Crippen molar-refractivity contribution in [2.45, 2.75) is 0 Å². The Labute approximate surface area is 148 Å². The van der Waals surface area contributed by atoms with Gasteiger partial charge in [0.25, 0.3) is 0 Å². The van der Waals surface area contributed by atoms with Crippen LogP contribution in [0.1, 0.15) is 10.4 Å². The third-order valence-electron chi connectivity index (χ3n) is 3.26. The number of rotatable bonds is 6. The van der Waals surface area contributed by atoms with E-state index in [9.17, 15) is 4.79 Å². The second-order valence-electron chi connectivity index (χ2n) is 4.57. The normalized spacial score (nSPS) is 10.0. The van der Waals surface area contributed by atoms with Crippen LogP contribution in [0.4, 0.5) is 0 Å². The third-order valence-corrected chi connectivity index (χ3v) is 4.05. The maximum Gasteiger partial charge on any atom is 0.344 e. The molecule has 7 heteroatoms. The van der Waals surface area contributed by atoms with Crippen LogP contribution >= 0.6 is 15.9 Å². The van der Waals surface area contributed by atoms with Crippen LogP contribution in [-0.2, 0) is 0 Å². The van der Waals surface area contributed by atoms with Crippen LogP contribution < -0.4 is 23.7 Å². The Morgan fingerprint density at radius 3 is 1.92 bits per heavy atom. The fraction of sp³-hybridized carbons (Fsp3) is 0.235. The first-order valence-corrected chi connectivity index (χ1v) is 7.69. The lowest BCUT2D eigenvalue weighted by atomic mass is 10.2. The number of benzene rings is 2. The zero-order valence-corrected chi connectivity index (χ0v) is 15.3. The van der Waals surface area contributed by atoms with Gasteiger partial charge in [0.05, 0.1) is 38.5 Å². The Bertz CT molecular complexity index is 727. The molecule has 0 heterocycles. The molecule has 2 aromatic rings. The molecule has 0 aliphatic heterocycles. The summed E-state index contributed by atoms with van der Waals surface area (Å²) >= 11 is 3.35. The summed E-state index contributed by atoms with van der Waals surface area (Å²) < 4.78 is 26.7. The average Bonchev–Trinajstić information content (AvgIpc) is 2.61. The number of carbonyl (C=O) groups is 1. The Morgan fingerprint density at radius 2 is 1.42 bits per heavy atom. The number of esters is 1. The summed E-state index contributed by atoms with van der Waals surface area (Å²) in [5.74, 6) is 1.59. The van der Waals surface area contributed by atoms with Gasteiger partial charge in [0.2, 0.25) is 5.75 Å². The fourth-order valence-electron chi connectivity index (χ4n) is 2.08. The highest BCUT2D eigenvalue weighted by atomic mass is 79.9. The number of hydrogen-bond donors (Lipinski definition) is 0. The topological polar surface area (TPSA) is 63.2 Å². The zero-order valence-electron chi connectivity index (χ0n) is 13.7. The van der Waals surface area contributed by atoms with Crippen LogP contribution in [0, 0.1) is 0 Å². The van der Waals surface area contributed by atoms with E-state index in [1.165, 1.54) is 27.4 Å². The van der Waals surface area contributed by atoms with Gasteiger partial charge >= 0.3 is 5.97 Å². The first-order valence-electron chi connectivity index (χ1n) is 6.90. The summed E-state index contributed by atoms with van der Waals surface area (Å²) in [7, 11) is 6.00. The van der Waals surface area contributed by atoms with E-state index in [0.717, 1.165) is 0 Å². The summed E-state index contributed by atoms with van der Waals surface area (Å²) in [5, 5.41) is 0. The van der Waals surface area contributed by atoms with E-state index in [4.69, 9.17) is 23.7 Å². The molecular weight excluding hydrogens is 380 g/mol. The van der Waals surface area contributed by atoms with Gasteiger partial charge in [0.15, 0.2) is 11.5 Å². The average molecular weight is 397 g/mol. The lowest BCUT2D eigenvalue weighted by Crippen LogP contribution is -2.11. The molecule has 0 aromatic heterocycles. The molecular formula is C17H17BrO6. The van der Waals surface area contributed by atoms with Crippen molar-refractivity contribution in [3.8, 4) is 28.7 Å². The van der Waals surface area contributed by atoms with Gasteiger partial charge in [-0.15, -0.1) is 0 Å². The standard InChI is InChI=1S/C17H17BrO6/c1-20-10-5-7-11(8-6-10)24-17(19)12-9-13(21-2)15(22-3)16(23-4)14(12)18/h5-9H,1-4H3. The highest BCUT2D eigenvalue weighted by Gasteiger charge is 2.24. The molecule has 0 N–H and O–H groups in total. The molecule has 128 valence electrons. The SMILES string of the molecule is COc1ccc(OC(=O)c2cc(OC)c(OC)c(OC)c2Br)cc1. The first kappa shape index (κ1) is 17.9. The van der Waals surface area contributed by atoms with Crippen LogP contribution in [0.3, 0.4) is 0 Å². The van der Waals surface area contributed by atoms with E-state index in [2.05, 4.69) is 15.9 Å². The van der Waals surface area contributed by atoms with Crippen molar-refractivity contribution in [3.63, 3.8) is 0 Å². The van der Waals surface area contributed by atoms with Crippen LogP contribution in [0.5, 0.6) is 28.7 Å². The first-order chi connectivity index (χ1) is 11.5. The van der Waals surface area contributed by atoms with E-state index in [1.54, 1.807) is 31.4 Å². The van der Waals surface area contributed by atoms with Gasteiger partial charge in [0, 0.05) is 0 Å². The second kappa shape index (κ2) is 7.92. The highest BCUT2D eigenvalue weighted by molar-refractivity contribution is 9.10. The van der Waals surface area contributed by atoms with Gasteiger partial charge in [-0.25, -0.2) is 4.79 Å². The number of ether oxygens (including phenoxy) is 5. The molecule has 0 saturated carbocycles. The van der Waals surface area contributed by atoms with Gasteiger partial charge in [-0.05, 0) is 46.3 Å². The largest absolute Gasteiger partial charge is 0.497 e. The van der Waals surface area contributed by atoms with Crippen molar-refractivity contribution in [3.05, 3.63) is 40.4 Å². The summed E-state index contributed by atoms with van der Waals surface area (Å²) in [5.41, 5.74) is 0.250. The molecule has 24 heavy (non-hydrogen) atoms. The minimum absolute atomic E-state index is 0.250. The van der Waals surface area contributed by atoms with Crippen molar-refractivity contribution in [1.29, 1.82) is 0 Å². The number of carbonyl (C=O) groups excluding carboxylic acids is 1. The smallest absolute Gasteiger partial charge is 0.344 e. The van der Waals surface area contributed by atoms with E-state index >= 15 is 0 Å². The number of hydrogen-bond acceptors (Lipinski definition) is 6. The Morgan fingerprint density at radius 1 is 0.833 bits per heavy atom. The van der Waals surface area contributed by atoms with E-state index in [0.29, 0.717) is 33.2 Å². The van der Waals surface area contributed by atoms with E-state index < -0.39 is 5.97 Å². The summed E-state index contributed by atoms with van der Waals surface area (Å²) in [6, 6.07) is 8.21. The molecule has 0 aliphatic rings. The van der Waals surface area contributed by atoms with Gasteiger partial charge < -0.3 is 23.7 Å². The molecule has 0 amide bonds. The van der Waals surface area contributed by atoms with Crippen LogP contribution in [0.2, 0.25) is 0 Å². The van der Waals surface area contributed by atoms with Crippen LogP contribution in [-0.4, -0.2) is 34.4 Å². The third kappa shape index (κ3) is 3.56. The summed E-state index contributed by atoms with van der Waals surface area (Å²) in [6.45, 7) is 0. The Hall–Kier alpha value is -2.41. The Balaban J connectivity index is 2.37. The van der Waals surface area contributed by atoms with Gasteiger partial charge in [-0.3, -0.25) is 0 Å². The molecule has 0 bridgehead atoms. The second-order valence-corrected chi connectivity index (χ2v) is 5.36. The quantitative estimate of drug-likeness (QED) is 0.547. The minimum Gasteiger partial charge on any atom is -0.497 e. The predicted molar refractivity (Wildman–Crippen MR) is 91.8 cm³/mol. The zero-order chi connectivity index (χ0) is 17.7. The number of methoxy groups -OCH3 is 4. The minimum atomic E-state index is -0.564. The number of halogens is 1. The van der Waals surface area contributed by atoms with Crippen molar-refractivity contribution in [2.75, 3.05) is 28.4 Å². The van der Waals surface area contributed by atoms with Crippen molar-refractivity contribution in [2.24, 2.45) is 0 Å². The lowest BCUT2D eigenvalue weighted by molar-refractivity contribution is 0.0732. The Kier molecular flexibility index (Phi) is 5.92. The molecule has 0 aliphatic carbocycles. The van der Waals surface area contributed by atoms with Gasteiger partial charge in [-0.2, -0.15) is 0 Å². The molecule has 6 nitrogen and oxygen atoms in total. The molecule has 0 saturated heterocycles. The van der Waals surface area contributed by atoms with Crippen molar-refractivity contribution in [1.82, 2.24) is 0 Å². The summed E-state index contributed by atoms with van der Waals surface area (Å²) in [4.78, 5) is 12.5. The fourth-order valence-corrected chi connectivity index (χ4v) is 2.69. The molecule has 0 fully saturated rings. The monoisotopic (exact) mass is 396 g/mol. The maximum absolute atomic E-state index is 12.5.